The Bertz CT molecular complexity index is 517. The van der Waals surface area contributed by atoms with Gasteiger partial charge in [-0.2, -0.15) is 11.8 Å². The van der Waals surface area contributed by atoms with Gasteiger partial charge in [-0.1, -0.05) is 54.6 Å². The summed E-state index contributed by atoms with van der Waals surface area (Å²) in [6, 6.07) is 19.3. The summed E-state index contributed by atoms with van der Waals surface area (Å²) in [6.07, 6.45) is 2.16. The summed E-state index contributed by atoms with van der Waals surface area (Å²) in [5.41, 5.74) is 3.89. The van der Waals surface area contributed by atoms with Crippen LogP contribution >= 0.6 is 11.8 Å². The van der Waals surface area contributed by atoms with Crippen molar-refractivity contribution in [2.45, 2.75) is 25.1 Å². The number of rotatable bonds is 6. The second kappa shape index (κ2) is 6.96. The van der Waals surface area contributed by atoms with Crippen LogP contribution in [0.2, 0.25) is 0 Å². The number of benzene rings is 2. The lowest BCUT2D eigenvalue weighted by molar-refractivity contribution is 0.591. The summed E-state index contributed by atoms with van der Waals surface area (Å²) in [4.78, 5) is 0. The molecule has 0 aliphatic rings. The van der Waals surface area contributed by atoms with Gasteiger partial charge in [0.1, 0.15) is 0 Å². The summed E-state index contributed by atoms with van der Waals surface area (Å²) >= 11 is 1.90. The third-order valence-electron chi connectivity index (χ3n) is 3.49. The fraction of sp³-hybridized carbons (Fsp3) is 0.333. The molecule has 0 fully saturated rings. The van der Waals surface area contributed by atoms with E-state index in [9.17, 15) is 0 Å². The predicted octanol–water partition coefficient (Wildman–Crippen LogP) is 4.58. The van der Waals surface area contributed by atoms with E-state index >= 15 is 0 Å². The van der Waals surface area contributed by atoms with E-state index < -0.39 is 0 Å². The molecule has 0 atom stereocenters. The highest BCUT2D eigenvalue weighted by atomic mass is 32.2. The largest absolute Gasteiger partial charge is 0.311 e. The Kier molecular flexibility index (Phi) is 5.27. The zero-order valence-electron chi connectivity index (χ0n) is 12.5. The number of hydrogen-bond donors (Lipinski definition) is 1. The van der Waals surface area contributed by atoms with Crippen LogP contribution in [-0.4, -0.2) is 17.5 Å². The van der Waals surface area contributed by atoms with Gasteiger partial charge >= 0.3 is 0 Å². The van der Waals surface area contributed by atoms with Gasteiger partial charge < -0.3 is 5.32 Å². The van der Waals surface area contributed by atoms with Crippen molar-refractivity contribution < 1.29 is 0 Å². The molecule has 0 saturated heterocycles. The molecule has 20 heavy (non-hydrogen) atoms. The van der Waals surface area contributed by atoms with Crippen LogP contribution in [-0.2, 0) is 6.54 Å². The molecule has 0 amide bonds. The van der Waals surface area contributed by atoms with Gasteiger partial charge in [0.15, 0.2) is 0 Å². The molecule has 0 aromatic heterocycles. The molecule has 0 bridgehead atoms. The molecular formula is C18H23NS. The van der Waals surface area contributed by atoms with Gasteiger partial charge in [0.25, 0.3) is 0 Å². The van der Waals surface area contributed by atoms with Crippen LogP contribution in [0.5, 0.6) is 0 Å². The highest BCUT2D eigenvalue weighted by Gasteiger charge is 2.14. The molecular weight excluding hydrogens is 262 g/mol. The molecule has 2 heteroatoms. The van der Waals surface area contributed by atoms with Gasteiger partial charge in [0.2, 0.25) is 0 Å². The van der Waals surface area contributed by atoms with E-state index in [2.05, 4.69) is 80.0 Å². The lowest BCUT2D eigenvalue weighted by Gasteiger charge is -2.22. The van der Waals surface area contributed by atoms with Crippen LogP contribution in [0.1, 0.15) is 19.4 Å². The third kappa shape index (κ3) is 4.39. The van der Waals surface area contributed by atoms with E-state index in [0.717, 1.165) is 13.1 Å². The van der Waals surface area contributed by atoms with E-state index in [1.807, 2.05) is 11.8 Å². The van der Waals surface area contributed by atoms with Crippen LogP contribution in [0.25, 0.3) is 11.1 Å². The van der Waals surface area contributed by atoms with E-state index in [1.165, 1.54) is 16.7 Å². The maximum atomic E-state index is 3.53. The summed E-state index contributed by atoms with van der Waals surface area (Å²) in [7, 11) is 0. The van der Waals surface area contributed by atoms with Crippen molar-refractivity contribution in [3.8, 4) is 11.1 Å². The Labute approximate surface area is 126 Å². The van der Waals surface area contributed by atoms with Crippen LogP contribution in [0.15, 0.2) is 54.6 Å². The smallest absolute Gasteiger partial charge is 0.0225 e. The fourth-order valence-electron chi connectivity index (χ4n) is 2.03. The quantitative estimate of drug-likeness (QED) is 0.833. The first-order valence-electron chi connectivity index (χ1n) is 7.01. The Balaban J connectivity index is 1.92. The van der Waals surface area contributed by atoms with Crippen LogP contribution in [0, 0.1) is 0 Å². The lowest BCUT2D eigenvalue weighted by atomic mass is 10.0. The van der Waals surface area contributed by atoms with Gasteiger partial charge in [-0.25, -0.2) is 0 Å². The summed E-state index contributed by atoms with van der Waals surface area (Å²) < 4.78 is 0.296. The first-order valence-corrected chi connectivity index (χ1v) is 8.23. The molecule has 0 unspecified atom stereocenters. The van der Waals surface area contributed by atoms with Crippen molar-refractivity contribution in [2.75, 3.05) is 12.8 Å². The SMILES string of the molecule is CSC(C)(C)CNCc1ccc(-c2ccccc2)cc1. The minimum Gasteiger partial charge on any atom is -0.311 e. The van der Waals surface area contributed by atoms with Crippen molar-refractivity contribution in [3.05, 3.63) is 60.2 Å². The zero-order chi connectivity index (χ0) is 14.4. The highest BCUT2D eigenvalue weighted by Crippen LogP contribution is 2.21. The molecule has 0 aliphatic carbocycles. The van der Waals surface area contributed by atoms with Gasteiger partial charge in [-0.15, -0.1) is 0 Å². The Morgan fingerprint density at radius 2 is 1.50 bits per heavy atom. The normalized spacial score (nSPS) is 11.6. The average molecular weight is 285 g/mol. The molecule has 1 nitrogen and oxygen atoms in total. The first kappa shape index (κ1) is 15.1. The van der Waals surface area contributed by atoms with Crippen LogP contribution < -0.4 is 5.32 Å². The molecule has 0 aliphatic heterocycles. The Morgan fingerprint density at radius 1 is 0.900 bits per heavy atom. The van der Waals surface area contributed by atoms with Crippen molar-refractivity contribution >= 4 is 11.8 Å². The lowest BCUT2D eigenvalue weighted by Crippen LogP contribution is -2.31. The molecule has 2 aromatic rings. The molecule has 0 heterocycles. The second-order valence-corrected chi connectivity index (χ2v) is 7.14. The molecule has 106 valence electrons. The highest BCUT2D eigenvalue weighted by molar-refractivity contribution is 7.99. The van der Waals surface area contributed by atoms with E-state index in [1.54, 1.807) is 0 Å². The molecule has 0 spiro atoms. The topological polar surface area (TPSA) is 12.0 Å². The molecule has 2 rings (SSSR count). The summed E-state index contributed by atoms with van der Waals surface area (Å²) in [5, 5.41) is 3.53. The summed E-state index contributed by atoms with van der Waals surface area (Å²) in [5.74, 6) is 0. The third-order valence-corrected chi connectivity index (χ3v) is 4.74. The predicted molar refractivity (Wildman–Crippen MR) is 91.2 cm³/mol. The monoisotopic (exact) mass is 285 g/mol. The standard InChI is InChI=1S/C18H23NS/c1-18(2,20-3)14-19-13-15-9-11-17(12-10-15)16-7-5-4-6-8-16/h4-12,19H,13-14H2,1-3H3. The number of nitrogens with one attached hydrogen (secondary N) is 1. The minimum absolute atomic E-state index is 0.296. The van der Waals surface area contributed by atoms with E-state index in [4.69, 9.17) is 0 Å². The maximum absolute atomic E-state index is 3.53. The number of thioether (sulfide) groups is 1. The van der Waals surface area contributed by atoms with Gasteiger partial charge in [-0.05, 0) is 36.8 Å². The van der Waals surface area contributed by atoms with Gasteiger partial charge in [-0.3, -0.25) is 0 Å². The maximum Gasteiger partial charge on any atom is 0.0225 e. The van der Waals surface area contributed by atoms with Crippen molar-refractivity contribution in [3.63, 3.8) is 0 Å². The van der Waals surface area contributed by atoms with E-state index in [-0.39, 0.29) is 0 Å². The van der Waals surface area contributed by atoms with Crippen LogP contribution in [0.4, 0.5) is 0 Å². The second-order valence-electron chi connectivity index (χ2n) is 5.63. The summed E-state index contributed by atoms with van der Waals surface area (Å²) in [6.45, 7) is 6.49. The first-order chi connectivity index (χ1) is 9.61. The molecule has 0 radical (unpaired) electrons. The molecule has 2 aromatic carbocycles. The minimum atomic E-state index is 0.296. The average Bonchev–Trinajstić information content (AvgIpc) is 2.49. The van der Waals surface area contributed by atoms with Crippen molar-refractivity contribution in [1.82, 2.24) is 5.32 Å². The van der Waals surface area contributed by atoms with Gasteiger partial charge in [0.05, 0.1) is 0 Å². The fourth-order valence-corrected chi connectivity index (χ4v) is 2.27. The number of hydrogen-bond acceptors (Lipinski definition) is 2. The Morgan fingerprint density at radius 3 is 2.10 bits per heavy atom. The zero-order valence-corrected chi connectivity index (χ0v) is 13.3. The Hall–Kier alpha value is -1.25. The molecule has 1 N–H and O–H groups in total. The van der Waals surface area contributed by atoms with Crippen molar-refractivity contribution in [1.29, 1.82) is 0 Å². The van der Waals surface area contributed by atoms with E-state index in [0.29, 0.717) is 4.75 Å². The van der Waals surface area contributed by atoms with Crippen LogP contribution in [0.3, 0.4) is 0 Å². The van der Waals surface area contributed by atoms with Crippen molar-refractivity contribution in [2.24, 2.45) is 0 Å². The molecule has 0 saturated carbocycles. The van der Waals surface area contributed by atoms with Gasteiger partial charge in [0, 0.05) is 17.8 Å².